The van der Waals surface area contributed by atoms with Crippen molar-refractivity contribution in [3.05, 3.63) is 131 Å². The molecule has 3 heterocycles. The molecule has 6 rings (SSSR count). The van der Waals surface area contributed by atoms with E-state index >= 15 is 4.79 Å². The minimum absolute atomic E-state index is 0.0516. The van der Waals surface area contributed by atoms with Crippen LogP contribution >= 0.6 is 0 Å². The molecule has 5 aromatic rings. The highest BCUT2D eigenvalue weighted by molar-refractivity contribution is 5.98. The average molecular weight is 1260 g/mol. The second-order valence-corrected chi connectivity index (χ2v) is 22.8. The Bertz CT molecular complexity index is 3330. The average Bonchev–Trinajstić information content (AvgIpc) is 2.42. The number of phenols is 1. The number of pyridine rings is 1. The number of aliphatic hydroxyl groups excluding tert-OH is 1. The summed E-state index contributed by atoms with van der Waals surface area (Å²) in [6.45, 7) is 5.23. The van der Waals surface area contributed by atoms with Gasteiger partial charge in [0.2, 0.25) is 47.3 Å². The number of hydrogen-bond acceptors (Lipinski definition) is 13. The molecule has 490 valence electrons. The number of nitrogens with one attached hydrogen (secondary N) is 8. The standard InChI is InChI=1S/C64H84F2N14O11/c1-5-70-60(88)53-18-12-30-80(53)63(91)49(17-11-29-72-64(67)68)76-58(86)50(31-38(2)3)77-57(85)48(16-8-9-28-71-56(84)41-13-10-27-69-35-41)75-61(89)54(32-39-19-24-44(82)25-20-39)79(4)62(90)52(37-81)78-59(87)51(33-42-36-73-47-15-7-6-14-45(42)47)74-55(83)26-22-40-21-23-43(65)34-46(40)66/h6-7,10,13-15,19-21,23-25,27,34-36,38,48-54,73,81-82H,5,8-9,11-12,16-18,22,26,28-33,37H2,1-4H3,(H,70,88)(H,71,84)(H,74,83)(H,75,89)(H,76,86)(H,77,85)(H,78,87)(H4,67,68,72)/t48-,49+,50+,51+,52+,53-,54+/m1/s1. The number of benzene rings is 3. The number of nitrogens with two attached hydrogens (primary N) is 2. The van der Waals surface area contributed by atoms with Crippen molar-refractivity contribution in [2.75, 3.05) is 39.8 Å². The zero-order valence-electron chi connectivity index (χ0n) is 51.6. The number of phenolic OH excluding ortho intramolecular Hbond substituents is 1. The molecule has 0 spiro atoms. The lowest BCUT2D eigenvalue weighted by atomic mass is 9.99. The molecule has 0 unspecified atom stereocenters. The normalized spacial score (nSPS) is 14.8. The van der Waals surface area contributed by atoms with Gasteiger partial charge in [-0.05, 0) is 124 Å². The van der Waals surface area contributed by atoms with E-state index in [9.17, 15) is 57.4 Å². The van der Waals surface area contributed by atoms with Crippen LogP contribution < -0.4 is 48.7 Å². The smallest absolute Gasteiger partial charge is 0.252 e. The monoisotopic (exact) mass is 1260 g/mol. The summed E-state index contributed by atoms with van der Waals surface area (Å²) >= 11 is 0. The van der Waals surface area contributed by atoms with Gasteiger partial charge in [0.1, 0.15) is 59.7 Å². The summed E-state index contributed by atoms with van der Waals surface area (Å²) in [4.78, 5) is 141. The maximum atomic E-state index is 15.1. The number of aromatic hydroxyl groups is 1. The summed E-state index contributed by atoms with van der Waals surface area (Å²) in [7, 11) is 1.25. The number of carbonyl (C=O) groups is 9. The second-order valence-electron chi connectivity index (χ2n) is 22.8. The largest absolute Gasteiger partial charge is 0.508 e. The third kappa shape index (κ3) is 21.3. The van der Waals surface area contributed by atoms with Gasteiger partial charge >= 0.3 is 0 Å². The lowest BCUT2D eigenvalue weighted by Crippen LogP contribution is -2.61. The van der Waals surface area contributed by atoms with Crippen molar-refractivity contribution in [2.45, 2.75) is 140 Å². The lowest BCUT2D eigenvalue weighted by Gasteiger charge is -2.32. The van der Waals surface area contributed by atoms with Gasteiger partial charge in [-0.1, -0.05) is 50.2 Å². The van der Waals surface area contributed by atoms with Gasteiger partial charge in [-0.3, -0.25) is 53.1 Å². The number of aromatic amines is 1. The zero-order valence-corrected chi connectivity index (χ0v) is 51.6. The highest BCUT2D eigenvalue weighted by Gasteiger charge is 2.40. The lowest BCUT2D eigenvalue weighted by molar-refractivity contribution is -0.144. The van der Waals surface area contributed by atoms with Crippen LogP contribution in [0.4, 0.5) is 8.78 Å². The van der Waals surface area contributed by atoms with E-state index in [1.807, 2.05) is 13.8 Å². The number of para-hydroxylation sites is 1. The number of aliphatic hydroxyl groups is 1. The van der Waals surface area contributed by atoms with Crippen molar-refractivity contribution >= 4 is 70.0 Å². The molecule has 9 amide bonds. The van der Waals surface area contributed by atoms with Gasteiger partial charge in [-0.2, -0.15) is 0 Å². The van der Waals surface area contributed by atoms with Crippen molar-refractivity contribution in [3.63, 3.8) is 0 Å². The number of carbonyl (C=O) groups excluding carboxylic acids is 9. The molecule has 0 aliphatic carbocycles. The molecule has 1 aliphatic heterocycles. The van der Waals surface area contributed by atoms with Gasteiger partial charge in [-0.25, -0.2) is 8.78 Å². The van der Waals surface area contributed by atoms with Crippen molar-refractivity contribution in [3.8, 4) is 5.75 Å². The van der Waals surface area contributed by atoms with E-state index in [0.29, 0.717) is 48.6 Å². The molecular formula is C64H84F2N14O11. The highest BCUT2D eigenvalue weighted by Crippen LogP contribution is 2.23. The number of amides is 9. The minimum Gasteiger partial charge on any atom is -0.508 e. The fraction of sp³-hybridized carbons (Fsp3) is 0.453. The Kier molecular flexibility index (Phi) is 27.2. The van der Waals surface area contributed by atoms with Crippen LogP contribution in [0.5, 0.6) is 5.75 Å². The number of hydrogen-bond donors (Lipinski definition) is 12. The van der Waals surface area contributed by atoms with Gasteiger partial charge < -0.3 is 73.7 Å². The number of aromatic nitrogens is 2. The fourth-order valence-corrected chi connectivity index (χ4v) is 10.7. The Hall–Kier alpha value is -9.53. The molecule has 0 saturated carbocycles. The predicted molar refractivity (Wildman–Crippen MR) is 335 cm³/mol. The molecule has 1 aliphatic rings. The number of likely N-dealkylation sites (tertiary alicyclic amines) is 1. The first-order valence-corrected chi connectivity index (χ1v) is 30.5. The Balaban J connectivity index is 1.26. The van der Waals surface area contributed by atoms with Crippen LogP contribution in [-0.2, 0) is 57.6 Å². The number of rotatable bonds is 34. The number of aryl methyl sites for hydroxylation is 1. The molecule has 7 atom stereocenters. The van der Waals surface area contributed by atoms with Crippen LogP contribution in [0.2, 0.25) is 0 Å². The number of unbranched alkanes of at least 4 members (excludes halogenated alkanes) is 1. The third-order valence-electron chi connectivity index (χ3n) is 15.5. The van der Waals surface area contributed by atoms with E-state index in [0.717, 1.165) is 21.9 Å². The zero-order chi connectivity index (χ0) is 66.1. The van der Waals surface area contributed by atoms with Crippen LogP contribution in [-0.4, -0.2) is 171 Å². The summed E-state index contributed by atoms with van der Waals surface area (Å²) in [5.74, 6) is -8.48. The Morgan fingerprint density at radius 3 is 2.16 bits per heavy atom. The Morgan fingerprint density at radius 2 is 1.47 bits per heavy atom. The van der Waals surface area contributed by atoms with E-state index in [-0.39, 0.29) is 107 Å². The van der Waals surface area contributed by atoms with Gasteiger partial charge in [0, 0.05) is 88.0 Å². The van der Waals surface area contributed by atoms with E-state index in [2.05, 4.69) is 52.2 Å². The molecular weight excluding hydrogens is 1180 g/mol. The number of guanidine groups is 1. The first-order chi connectivity index (χ1) is 43.6. The van der Waals surface area contributed by atoms with E-state index < -0.39 is 108 Å². The number of halogens is 2. The van der Waals surface area contributed by atoms with Gasteiger partial charge in [-0.15, -0.1) is 0 Å². The predicted octanol–water partition coefficient (Wildman–Crippen LogP) is 2.04. The quantitative estimate of drug-likeness (QED) is 0.0159. The van der Waals surface area contributed by atoms with Crippen molar-refractivity contribution in [2.24, 2.45) is 22.4 Å². The van der Waals surface area contributed by atoms with Crippen molar-refractivity contribution in [1.82, 2.24) is 57.0 Å². The molecule has 91 heavy (non-hydrogen) atoms. The fourth-order valence-electron chi connectivity index (χ4n) is 10.7. The molecule has 0 radical (unpaired) electrons. The number of fused-ring (bicyclic) bond motifs is 1. The Morgan fingerprint density at radius 1 is 0.780 bits per heavy atom. The second kappa shape index (κ2) is 35.0. The topological polar surface area (TPSA) is 378 Å². The minimum atomic E-state index is -1.74. The summed E-state index contributed by atoms with van der Waals surface area (Å²) in [5.41, 5.74) is 13.3. The van der Waals surface area contributed by atoms with Crippen LogP contribution in [0.25, 0.3) is 10.9 Å². The first-order valence-electron chi connectivity index (χ1n) is 30.5. The Labute approximate surface area is 526 Å². The molecule has 25 nitrogen and oxygen atoms in total. The van der Waals surface area contributed by atoms with Crippen molar-refractivity contribution < 1.29 is 62.1 Å². The number of nitrogens with zero attached hydrogens (tertiary/aromatic N) is 4. The molecule has 0 bridgehead atoms. The third-order valence-corrected chi connectivity index (χ3v) is 15.5. The van der Waals surface area contributed by atoms with Gasteiger partial charge in [0.15, 0.2) is 5.96 Å². The van der Waals surface area contributed by atoms with Crippen molar-refractivity contribution in [1.29, 1.82) is 0 Å². The van der Waals surface area contributed by atoms with Crippen LogP contribution in [0.15, 0.2) is 102 Å². The van der Waals surface area contributed by atoms with Gasteiger partial charge in [0.05, 0.1) is 12.2 Å². The SMILES string of the molecule is CCNC(=O)[C@H]1CCCN1C(=O)[C@H](CCCN=C(N)N)NC(=O)[C@H](CC(C)C)NC(=O)[C@@H](CCCCNC(=O)c1cccnc1)NC(=O)[C@H](Cc1ccc(O)cc1)N(C)C(=O)[C@H](CO)NC(=O)[C@H](Cc1c[nH]c2ccccc12)NC(=O)CCc1ccc(F)cc1F. The molecule has 2 aromatic heterocycles. The maximum Gasteiger partial charge on any atom is 0.252 e. The van der Waals surface area contributed by atoms with Crippen LogP contribution in [0.1, 0.15) is 106 Å². The molecule has 1 saturated heterocycles. The van der Waals surface area contributed by atoms with Gasteiger partial charge in [0.25, 0.3) is 5.91 Å². The maximum absolute atomic E-state index is 15.1. The summed E-state index contributed by atoms with van der Waals surface area (Å²) in [5, 5.41) is 41.0. The van der Waals surface area contributed by atoms with Crippen LogP contribution in [0.3, 0.4) is 0 Å². The molecule has 3 aromatic carbocycles. The number of aliphatic imine (C=N–C) groups is 1. The number of H-pyrrole nitrogens is 1. The molecule has 27 heteroatoms. The summed E-state index contributed by atoms with van der Waals surface area (Å²) in [6.07, 6.45) is 5.43. The summed E-state index contributed by atoms with van der Waals surface area (Å²) in [6, 6.07) is 9.71. The van der Waals surface area contributed by atoms with E-state index in [4.69, 9.17) is 11.5 Å². The van der Waals surface area contributed by atoms with E-state index in [1.165, 1.54) is 54.7 Å². The highest BCUT2D eigenvalue weighted by atomic mass is 19.1. The molecule has 14 N–H and O–H groups in total. The summed E-state index contributed by atoms with van der Waals surface area (Å²) < 4.78 is 28.3. The van der Waals surface area contributed by atoms with E-state index in [1.54, 1.807) is 49.5 Å². The number of likely N-dealkylation sites (N-methyl/N-ethyl adjacent to an activating group) is 2. The molecule has 1 fully saturated rings. The first kappa shape index (κ1) is 70.6. The van der Waals surface area contributed by atoms with Crippen LogP contribution in [0, 0.1) is 17.6 Å².